The van der Waals surface area contributed by atoms with E-state index in [1.54, 1.807) is 4.90 Å². The smallest absolute Gasteiger partial charge is 0.317 e. The maximum atomic E-state index is 12.3. The summed E-state index contributed by atoms with van der Waals surface area (Å²) in [6.45, 7) is 2.83. The molecule has 2 heterocycles. The summed E-state index contributed by atoms with van der Waals surface area (Å²) in [6.07, 6.45) is 0.520. The minimum Gasteiger partial charge on any atom is -0.378 e. The molecule has 0 spiro atoms. The monoisotopic (exact) mass is 366 g/mol. The largest absolute Gasteiger partial charge is 0.378 e. The standard InChI is InChI=1S/C17H26N4O3S/c1-19(2)15-3-5-16(6-4-15)20-8-10-21(11-9-20)17(22)18-14-7-12-25(23,24)13-14/h3-6,14H,7-13H2,1-2H3,(H,18,22). The van der Waals surface area contributed by atoms with Crippen LogP contribution < -0.4 is 15.1 Å². The number of amides is 2. The zero-order chi connectivity index (χ0) is 18.0. The summed E-state index contributed by atoms with van der Waals surface area (Å²) in [7, 11) is 1.06. The normalized spacial score (nSPS) is 22.7. The van der Waals surface area contributed by atoms with E-state index in [0.29, 0.717) is 19.5 Å². The molecule has 2 aliphatic rings. The lowest BCUT2D eigenvalue weighted by Crippen LogP contribution is -2.53. The summed E-state index contributed by atoms with van der Waals surface area (Å²) in [6, 6.07) is 8.01. The zero-order valence-corrected chi connectivity index (χ0v) is 15.6. The van der Waals surface area contributed by atoms with E-state index in [1.165, 1.54) is 0 Å². The lowest BCUT2D eigenvalue weighted by atomic mass is 10.2. The average molecular weight is 366 g/mol. The number of rotatable bonds is 3. The quantitative estimate of drug-likeness (QED) is 0.856. The number of carbonyl (C=O) groups is 1. The van der Waals surface area contributed by atoms with Crippen LogP contribution >= 0.6 is 0 Å². The van der Waals surface area contributed by atoms with Crippen LogP contribution in [0, 0.1) is 0 Å². The first-order chi connectivity index (χ1) is 11.8. The first kappa shape index (κ1) is 17.8. The highest BCUT2D eigenvalue weighted by molar-refractivity contribution is 7.91. The van der Waals surface area contributed by atoms with Gasteiger partial charge >= 0.3 is 6.03 Å². The van der Waals surface area contributed by atoms with E-state index in [0.717, 1.165) is 24.5 Å². The van der Waals surface area contributed by atoms with Crippen molar-refractivity contribution in [3.05, 3.63) is 24.3 Å². The molecule has 3 rings (SSSR count). The predicted molar refractivity (Wildman–Crippen MR) is 100 cm³/mol. The Morgan fingerprint density at radius 1 is 1.12 bits per heavy atom. The van der Waals surface area contributed by atoms with Gasteiger partial charge in [-0.05, 0) is 30.7 Å². The number of hydrogen-bond donors (Lipinski definition) is 1. The first-order valence-corrected chi connectivity index (χ1v) is 10.4. The van der Waals surface area contributed by atoms with Gasteiger partial charge in [0.2, 0.25) is 0 Å². The van der Waals surface area contributed by atoms with E-state index >= 15 is 0 Å². The number of sulfone groups is 1. The zero-order valence-electron chi connectivity index (χ0n) is 14.8. The van der Waals surface area contributed by atoms with Gasteiger partial charge in [0.25, 0.3) is 0 Å². The third-order valence-electron chi connectivity index (χ3n) is 4.86. The SMILES string of the molecule is CN(C)c1ccc(N2CCN(C(=O)NC3CCS(=O)(=O)C3)CC2)cc1. The van der Waals surface area contributed by atoms with Crippen molar-refractivity contribution in [1.82, 2.24) is 10.2 Å². The Kier molecular flexibility index (Phi) is 5.08. The molecule has 1 atom stereocenters. The maximum absolute atomic E-state index is 12.3. The molecule has 138 valence electrons. The van der Waals surface area contributed by atoms with Crippen LogP contribution in [0.3, 0.4) is 0 Å². The van der Waals surface area contributed by atoms with Gasteiger partial charge in [-0.1, -0.05) is 0 Å². The second-order valence-electron chi connectivity index (χ2n) is 6.93. The minimum absolute atomic E-state index is 0.0664. The Bertz CT molecular complexity index is 710. The van der Waals surface area contributed by atoms with Crippen molar-refractivity contribution < 1.29 is 13.2 Å². The molecule has 7 nitrogen and oxygen atoms in total. The van der Waals surface area contributed by atoms with Crippen LogP contribution in [-0.4, -0.2) is 77.2 Å². The minimum atomic E-state index is -2.97. The molecule has 8 heteroatoms. The molecule has 1 aromatic carbocycles. The predicted octanol–water partition coefficient (Wildman–Crippen LogP) is 0.771. The van der Waals surface area contributed by atoms with Crippen LogP contribution in [0.4, 0.5) is 16.2 Å². The lowest BCUT2D eigenvalue weighted by Gasteiger charge is -2.36. The van der Waals surface area contributed by atoms with Gasteiger partial charge in [0, 0.05) is 57.7 Å². The van der Waals surface area contributed by atoms with E-state index in [4.69, 9.17) is 0 Å². The van der Waals surface area contributed by atoms with Gasteiger partial charge in [0.15, 0.2) is 9.84 Å². The molecule has 1 aromatic rings. The highest BCUT2D eigenvalue weighted by Gasteiger charge is 2.30. The molecule has 2 amide bonds. The number of hydrogen-bond acceptors (Lipinski definition) is 5. The van der Waals surface area contributed by atoms with Crippen molar-refractivity contribution in [3.63, 3.8) is 0 Å². The van der Waals surface area contributed by atoms with Crippen molar-refractivity contribution >= 4 is 27.2 Å². The van der Waals surface area contributed by atoms with Gasteiger partial charge in [-0.2, -0.15) is 0 Å². The molecule has 0 radical (unpaired) electrons. The van der Waals surface area contributed by atoms with Crippen LogP contribution in [0.25, 0.3) is 0 Å². The molecule has 2 saturated heterocycles. The summed E-state index contributed by atoms with van der Waals surface area (Å²) >= 11 is 0. The van der Waals surface area contributed by atoms with Gasteiger partial charge in [0.1, 0.15) is 0 Å². The van der Waals surface area contributed by atoms with E-state index in [2.05, 4.69) is 39.4 Å². The second kappa shape index (κ2) is 7.11. The molecule has 0 bridgehead atoms. The Hall–Kier alpha value is -1.96. The molecule has 0 saturated carbocycles. The summed E-state index contributed by atoms with van der Waals surface area (Å²) in [5.41, 5.74) is 2.32. The maximum Gasteiger partial charge on any atom is 0.317 e. The van der Waals surface area contributed by atoms with Crippen LogP contribution in [0.1, 0.15) is 6.42 Å². The number of urea groups is 1. The number of piperazine rings is 1. The van der Waals surface area contributed by atoms with E-state index in [1.807, 2.05) is 14.1 Å². The Balaban J connectivity index is 1.50. The summed E-state index contributed by atoms with van der Waals surface area (Å²) < 4.78 is 23.0. The second-order valence-corrected chi connectivity index (χ2v) is 9.16. The number of anilines is 2. The van der Waals surface area contributed by atoms with E-state index in [9.17, 15) is 13.2 Å². The van der Waals surface area contributed by atoms with Crippen molar-refractivity contribution in [2.45, 2.75) is 12.5 Å². The summed E-state index contributed by atoms with van der Waals surface area (Å²) in [4.78, 5) is 18.4. The highest BCUT2D eigenvalue weighted by atomic mass is 32.2. The van der Waals surface area contributed by atoms with Crippen LogP contribution in [0.2, 0.25) is 0 Å². The third kappa shape index (κ3) is 4.36. The molecule has 1 N–H and O–H groups in total. The first-order valence-electron chi connectivity index (χ1n) is 8.62. The van der Waals surface area contributed by atoms with Crippen molar-refractivity contribution in [1.29, 1.82) is 0 Å². The van der Waals surface area contributed by atoms with Crippen LogP contribution in [-0.2, 0) is 9.84 Å². The molecule has 0 aliphatic carbocycles. The topological polar surface area (TPSA) is 73.0 Å². The molecule has 0 aromatic heterocycles. The number of carbonyl (C=O) groups excluding carboxylic acids is 1. The molecule has 2 aliphatic heterocycles. The van der Waals surface area contributed by atoms with Gasteiger partial charge < -0.3 is 20.0 Å². The molecular weight excluding hydrogens is 340 g/mol. The van der Waals surface area contributed by atoms with Crippen molar-refractivity contribution in [3.8, 4) is 0 Å². The fourth-order valence-electron chi connectivity index (χ4n) is 3.30. The van der Waals surface area contributed by atoms with Gasteiger partial charge in [-0.3, -0.25) is 0 Å². The fourth-order valence-corrected chi connectivity index (χ4v) is 4.98. The van der Waals surface area contributed by atoms with Crippen molar-refractivity contribution in [2.24, 2.45) is 0 Å². The van der Waals surface area contributed by atoms with Gasteiger partial charge in [-0.25, -0.2) is 13.2 Å². The van der Waals surface area contributed by atoms with E-state index in [-0.39, 0.29) is 23.6 Å². The molecular formula is C17H26N4O3S. The lowest BCUT2D eigenvalue weighted by molar-refractivity contribution is 0.191. The van der Waals surface area contributed by atoms with Crippen molar-refractivity contribution in [2.75, 3.05) is 61.6 Å². The third-order valence-corrected chi connectivity index (χ3v) is 6.63. The van der Waals surface area contributed by atoms with E-state index < -0.39 is 9.84 Å². The number of benzene rings is 1. The highest BCUT2D eigenvalue weighted by Crippen LogP contribution is 2.21. The average Bonchev–Trinajstić information content (AvgIpc) is 2.93. The van der Waals surface area contributed by atoms with Crippen LogP contribution in [0.15, 0.2) is 24.3 Å². The summed E-state index contributed by atoms with van der Waals surface area (Å²) in [5.74, 6) is 0.242. The Morgan fingerprint density at radius 2 is 1.76 bits per heavy atom. The number of nitrogens with one attached hydrogen (secondary N) is 1. The van der Waals surface area contributed by atoms with Crippen LogP contribution in [0.5, 0.6) is 0 Å². The molecule has 1 unspecified atom stereocenters. The summed E-state index contributed by atoms with van der Waals surface area (Å²) in [5, 5.41) is 2.86. The van der Waals surface area contributed by atoms with Gasteiger partial charge in [-0.15, -0.1) is 0 Å². The fraction of sp³-hybridized carbons (Fsp3) is 0.588. The van der Waals surface area contributed by atoms with Gasteiger partial charge in [0.05, 0.1) is 11.5 Å². The Morgan fingerprint density at radius 3 is 2.28 bits per heavy atom. The molecule has 25 heavy (non-hydrogen) atoms. The Labute approximate surface area is 149 Å². The molecule has 2 fully saturated rings. The number of nitrogens with zero attached hydrogens (tertiary/aromatic N) is 3.